The average Bonchev–Trinajstić information content (AvgIpc) is 3.29. The van der Waals surface area contributed by atoms with Crippen LogP contribution in [0.4, 0.5) is 11.4 Å². The van der Waals surface area contributed by atoms with Crippen molar-refractivity contribution in [2.24, 2.45) is 0 Å². The van der Waals surface area contributed by atoms with Crippen LogP contribution in [0.1, 0.15) is 21.7 Å². The highest BCUT2D eigenvalue weighted by Gasteiger charge is 2.18. The number of anilines is 1. The van der Waals surface area contributed by atoms with Crippen molar-refractivity contribution in [3.63, 3.8) is 0 Å². The molecule has 1 aromatic heterocycles. The van der Waals surface area contributed by atoms with Gasteiger partial charge in [-0.1, -0.05) is 30.3 Å². The fourth-order valence-electron chi connectivity index (χ4n) is 2.69. The standard InChI is InChI=1S/C21H20N4O5/c26-20(23-13-17-7-4-10-30-17)14-24-21(27)16-8-9-18(19(11-16)25(28)29)22-12-15-5-2-1-3-6-15/h1-11,22H,12-14H2,(H,23,26)(H,24,27). The summed E-state index contributed by atoms with van der Waals surface area (Å²) >= 11 is 0. The van der Waals surface area contributed by atoms with E-state index < -0.39 is 16.7 Å². The first-order valence-electron chi connectivity index (χ1n) is 9.16. The Morgan fingerprint density at radius 1 is 0.967 bits per heavy atom. The first-order chi connectivity index (χ1) is 14.5. The summed E-state index contributed by atoms with van der Waals surface area (Å²) in [5.41, 5.74) is 1.14. The molecule has 1 heterocycles. The zero-order valence-corrected chi connectivity index (χ0v) is 16.0. The van der Waals surface area contributed by atoms with Crippen molar-refractivity contribution in [1.29, 1.82) is 0 Å². The number of carbonyl (C=O) groups is 2. The van der Waals surface area contributed by atoms with E-state index in [-0.39, 0.29) is 24.3 Å². The minimum atomic E-state index is -0.583. The number of amides is 2. The SMILES string of the molecule is O=C(CNC(=O)c1ccc(NCc2ccccc2)c([N+](=O)[O-])c1)NCc1ccco1. The minimum absolute atomic E-state index is 0.0887. The van der Waals surface area contributed by atoms with Gasteiger partial charge in [-0.2, -0.15) is 0 Å². The molecular formula is C21H20N4O5. The van der Waals surface area contributed by atoms with Crippen LogP contribution in [0.25, 0.3) is 0 Å². The van der Waals surface area contributed by atoms with Gasteiger partial charge in [-0.25, -0.2) is 0 Å². The third kappa shape index (κ3) is 5.68. The van der Waals surface area contributed by atoms with Gasteiger partial charge in [0.2, 0.25) is 5.91 Å². The molecule has 30 heavy (non-hydrogen) atoms. The molecule has 0 atom stereocenters. The molecule has 0 fully saturated rings. The van der Waals surface area contributed by atoms with E-state index in [1.54, 1.807) is 12.1 Å². The second kappa shape index (κ2) is 9.87. The maximum Gasteiger partial charge on any atom is 0.293 e. The molecule has 0 aliphatic heterocycles. The summed E-state index contributed by atoms with van der Waals surface area (Å²) in [5, 5.41) is 19.5. The summed E-state index contributed by atoms with van der Waals surface area (Å²) in [5.74, 6) is -0.403. The Bertz CT molecular complexity index is 1020. The van der Waals surface area contributed by atoms with Crippen molar-refractivity contribution >= 4 is 23.2 Å². The lowest BCUT2D eigenvalue weighted by Crippen LogP contribution is -2.36. The normalized spacial score (nSPS) is 10.3. The Morgan fingerprint density at radius 3 is 2.47 bits per heavy atom. The molecule has 0 spiro atoms. The Morgan fingerprint density at radius 2 is 1.77 bits per heavy atom. The van der Waals surface area contributed by atoms with Crippen molar-refractivity contribution in [2.75, 3.05) is 11.9 Å². The van der Waals surface area contributed by atoms with Gasteiger partial charge < -0.3 is 20.4 Å². The molecule has 2 amide bonds. The van der Waals surface area contributed by atoms with Gasteiger partial charge in [0.15, 0.2) is 0 Å². The van der Waals surface area contributed by atoms with Crippen LogP contribution >= 0.6 is 0 Å². The van der Waals surface area contributed by atoms with E-state index in [0.717, 1.165) is 5.56 Å². The van der Waals surface area contributed by atoms with Gasteiger partial charge in [0.05, 0.1) is 24.3 Å². The molecule has 154 valence electrons. The topological polar surface area (TPSA) is 127 Å². The first kappa shape index (κ1) is 20.6. The van der Waals surface area contributed by atoms with Crippen LogP contribution in [-0.2, 0) is 17.9 Å². The molecule has 2 aromatic carbocycles. The van der Waals surface area contributed by atoms with E-state index in [1.165, 1.54) is 24.5 Å². The van der Waals surface area contributed by atoms with Gasteiger partial charge in [0.1, 0.15) is 11.4 Å². The highest BCUT2D eigenvalue weighted by atomic mass is 16.6. The third-order valence-electron chi connectivity index (χ3n) is 4.23. The Hall–Kier alpha value is -4.14. The molecule has 0 saturated carbocycles. The zero-order chi connectivity index (χ0) is 21.3. The van der Waals surface area contributed by atoms with E-state index >= 15 is 0 Å². The Kier molecular flexibility index (Phi) is 6.78. The van der Waals surface area contributed by atoms with Crippen LogP contribution in [0.5, 0.6) is 0 Å². The number of rotatable bonds is 9. The molecule has 0 bridgehead atoms. The number of nitro groups is 1. The summed E-state index contributed by atoms with van der Waals surface area (Å²) in [6.45, 7) is 0.347. The Balaban J connectivity index is 1.58. The van der Waals surface area contributed by atoms with Gasteiger partial charge in [0, 0.05) is 18.2 Å². The number of nitro benzene ring substituents is 1. The van der Waals surface area contributed by atoms with Crippen LogP contribution in [0, 0.1) is 10.1 Å². The van der Waals surface area contributed by atoms with E-state index in [4.69, 9.17) is 4.42 Å². The van der Waals surface area contributed by atoms with Crippen molar-refractivity contribution in [3.05, 3.63) is 93.9 Å². The quantitative estimate of drug-likeness (QED) is 0.369. The van der Waals surface area contributed by atoms with E-state index in [2.05, 4.69) is 16.0 Å². The first-order valence-corrected chi connectivity index (χ1v) is 9.16. The molecule has 0 unspecified atom stereocenters. The minimum Gasteiger partial charge on any atom is -0.467 e. The number of hydrogen-bond acceptors (Lipinski definition) is 6. The van der Waals surface area contributed by atoms with Gasteiger partial charge in [-0.05, 0) is 29.8 Å². The number of furan rings is 1. The van der Waals surface area contributed by atoms with Crippen molar-refractivity contribution in [3.8, 4) is 0 Å². The predicted molar refractivity (Wildman–Crippen MR) is 110 cm³/mol. The van der Waals surface area contributed by atoms with Crippen LogP contribution in [0.15, 0.2) is 71.3 Å². The van der Waals surface area contributed by atoms with Gasteiger partial charge in [0.25, 0.3) is 11.6 Å². The summed E-state index contributed by atoms with van der Waals surface area (Å²) in [4.78, 5) is 35.0. The van der Waals surface area contributed by atoms with Crippen molar-refractivity contribution in [1.82, 2.24) is 10.6 Å². The summed E-state index contributed by atoms with van der Waals surface area (Å²) in [7, 11) is 0. The lowest BCUT2D eigenvalue weighted by Gasteiger charge is -2.09. The van der Waals surface area contributed by atoms with Crippen LogP contribution in [0.3, 0.4) is 0 Å². The number of benzene rings is 2. The lowest BCUT2D eigenvalue weighted by atomic mass is 10.1. The maximum atomic E-state index is 12.3. The number of hydrogen-bond donors (Lipinski definition) is 3. The predicted octanol–water partition coefficient (Wildman–Crippen LogP) is 2.85. The molecule has 0 aliphatic carbocycles. The van der Waals surface area contributed by atoms with Gasteiger partial charge in [-0.15, -0.1) is 0 Å². The molecule has 0 saturated heterocycles. The molecule has 3 aromatic rings. The van der Waals surface area contributed by atoms with Gasteiger partial charge in [-0.3, -0.25) is 19.7 Å². The monoisotopic (exact) mass is 408 g/mol. The lowest BCUT2D eigenvalue weighted by molar-refractivity contribution is -0.384. The fraction of sp³-hybridized carbons (Fsp3) is 0.143. The second-order valence-corrected chi connectivity index (χ2v) is 6.37. The highest BCUT2D eigenvalue weighted by molar-refractivity contribution is 5.97. The maximum absolute atomic E-state index is 12.3. The number of nitrogens with zero attached hydrogens (tertiary/aromatic N) is 1. The zero-order valence-electron chi connectivity index (χ0n) is 16.0. The number of carbonyl (C=O) groups excluding carboxylic acids is 2. The van der Waals surface area contributed by atoms with Crippen molar-refractivity contribution in [2.45, 2.75) is 13.1 Å². The van der Waals surface area contributed by atoms with Crippen LogP contribution < -0.4 is 16.0 Å². The second-order valence-electron chi connectivity index (χ2n) is 6.37. The summed E-state index contributed by atoms with van der Waals surface area (Å²) in [6.07, 6.45) is 1.49. The van der Waals surface area contributed by atoms with Crippen molar-refractivity contribution < 1.29 is 18.9 Å². The fourth-order valence-corrected chi connectivity index (χ4v) is 2.69. The highest BCUT2D eigenvalue weighted by Crippen LogP contribution is 2.26. The average molecular weight is 408 g/mol. The molecule has 0 aliphatic rings. The summed E-state index contributed by atoms with van der Waals surface area (Å²) in [6, 6.07) is 17.0. The Labute approximate surface area is 172 Å². The van der Waals surface area contributed by atoms with E-state index in [9.17, 15) is 19.7 Å². The third-order valence-corrected chi connectivity index (χ3v) is 4.23. The van der Waals surface area contributed by atoms with Crippen LogP contribution in [0.2, 0.25) is 0 Å². The van der Waals surface area contributed by atoms with E-state index in [0.29, 0.717) is 18.0 Å². The molecular weight excluding hydrogens is 388 g/mol. The summed E-state index contributed by atoms with van der Waals surface area (Å²) < 4.78 is 5.10. The van der Waals surface area contributed by atoms with E-state index in [1.807, 2.05) is 30.3 Å². The van der Waals surface area contributed by atoms with Gasteiger partial charge >= 0.3 is 0 Å². The smallest absolute Gasteiger partial charge is 0.293 e. The molecule has 9 nitrogen and oxygen atoms in total. The largest absolute Gasteiger partial charge is 0.467 e. The molecule has 3 N–H and O–H groups in total. The molecule has 3 rings (SSSR count). The van der Waals surface area contributed by atoms with Crippen LogP contribution in [-0.4, -0.2) is 23.3 Å². The molecule has 0 radical (unpaired) electrons. The molecule has 9 heteroatoms. The number of nitrogens with one attached hydrogen (secondary N) is 3.